The number of rotatable bonds is 3. The topological polar surface area (TPSA) is 9.23 Å². The van der Waals surface area contributed by atoms with Gasteiger partial charge in [-0.05, 0) is 85.8 Å². The average Bonchev–Trinajstić information content (AvgIpc) is 3.82. The molecule has 3 aliphatic rings. The summed E-state index contributed by atoms with van der Waals surface area (Å²) in [6.07, 6.45) is 12.2. The summed E-state index contributed by atoms with van der Waals surface area (Å²) in [5.41, 5.74) is 18.5. The van der Waals surface area contributed by atoms with Crippen LogP contribution in [0.25, 0.3) is 21.9 Å². The maximum atomic E-state index is 5.97. The Kier molecular flexibility index (Phi) is 15.5. The van der Waals surface area contributed by atoms with Gasteiger partial charge in [-0.2, -0.15) is 23.3 Å². The van der Waals surface area contributed by atoms with Crippen molar-refractivity contribution >= 4 is 17.7 Å². The number of hydrogen-bond donors (Lipinski definition) is 0. The van der Waals surface area contributed by atoms with Gasteiger partial charge in [0.1, 0.15) is 5.75 Å². The zero-order valence-corrected chi connectivity index (χ0v) is 42.0. The van der Waals surface area contributed by atoms with Crippen LogP contribution in [0.2, 0.25) is 0 Å². The van der Waals surface area contributed by atoms with Gasteiger partial charge in [-0.15, -0.1) is 46.2 Å². The molecule has 1 nitrogen and oxygen atoms in total. The summed E-state index contributed by atoms with van der Waals surface area (Å²) in [5, 5.41) is 2.57. The summed E-state index contributed by atoms with van der Waals surface area (Å²) >= 11 is 1.36. The van der Waals surface area contributed by atoms with Crippen molar-refractivity contribution in [1.29, 1.82) is 0 Å². The van der Waals surface area contributed by atoms with E-state index in [1.807, 2.05) is 0 Å². The van der Waals surface area contributed by atoms with Gasteiger partial charge in [0.15, 0.2) is 0 Å². The van der Waals surface area contributed by atoms with Gasteiger partial charge in [-0.3, -0.25) is 0 Å². The fourth-order valence-electron chi connectivity index (χ4n) is 8.38. The standard InChI is InChI=1S/C27H33.C25H31O.2CH3.Si.Zr/c1-17-11-19-13-18-9-8-10-23(18)25(24(19)12-17)20-14-21(26(2,3)4)16-22(15-20)27(5,6)7;1-16-13-18-15-21(25(5,6)7)23(26-8)22(20(18)14-16)17-9-11-19(12-10-17)24(2,3)4;;;;/h12-16,25H,8-10H2,1-7H3;9-15H,1-8H3;2*1H3;;/q4*-1;;. The molecule has 304 valence electrons. The molecule has 1 atom stereocenters. The van der Waals surface area contributed by atoms with E-state index in [1.54, 1.807) is 18.3 Å². The van der Waals surface area contributed by atoms with E-state index in [0.29, 0.717) is 5.92 Å². The number of hydrogen-bond acceptors (Lipinski definition) is 1. The summed E-state index contributed by atoms with van der Waals surface area (Å²) in [6, 6.07) is 23.2. The number of methoxy groups -OCH3 is 1. The summed E-state index contributed by atoms with van der Waals surface area (Å²) in [4.78, 5) is 0. The van der Waals surface area contributed by atoms with Crippen molar-refractivity contribution in [3.63, 3.8) is 0 Å². The zero-order chi connectivity index (χ0) is 40.8. The van der Waals surface area contributed by atoms with E-state index in [2.05, 4.69) is 183 Å². The Hall–Kier alpha value is -2.87. The molecule has 0 bridgehead atoms. The Labute approximate surface area is 366 Å². The predicted molar refractivity (Wildman–Crippen MR) is 248 cm³/mol. The van der Waals surface area contributed by atoms with Crippen molar-refractivity contribution in [3.05, 3.63) is 155 Å². The molecule has 3 aliphatic carbocycles. The maximum absolute atomic E-state index is 5.97. The average molecular weight is 854 g/mol. The van der Waals surface area contributed by atoms with E-state index in [1.165, 1.54) is 115 Å². The predicted octanol–water partition coefficient (Wildman–Crippen LogP) is 15.1. The molecule has 4 aromatic rings. The van der Waals surface area contributed by atoms with Gasteiger partial charge in [-0.1, -0.05) is 151 Å². The van der Waals surface area contributed by atoms with Crippen LogP contribution in [0.5, 0.6) is 5.75 Å². The molecule has 0 amide bonds. The second kappa shape index (κ2) is 18.2. The molecule has 3 heteroatoms. The third-order valence-electron chi connectivity index (χ3n) is 11.5. The molecule has 2 radical (unpaired) electrons. The van der Waals surface area contributed by atoms with Crippen LogP contribution < -0.4 is 4.74 Å². The van der Waals surface area contributed by atoms with Crippen LogP contribution in [0, 0.1) is 27.9 Å². The van der Waals surface area contributed by atoms with Crippen LogP contribution in [0.15, 0.2) is 101 Å². The van der Waals surface area contributed by atoms with Gasteiger partial charge in [0, 0.05) is 0 Å². The van der Waals surface area contributed by atoms with Crippen molar-refractivity contribution < 1.29 is 28.1 Å². The molecule has 0 spiro atoms. The molecule has 4 aromatic carbocycles. The first kappa shape index (κ1) is 48.5. The van der Waals surface area contributed by atoms with Crippen molar-refractivity contribution in [2.24, 2.45) is 0 Å². The van der Waals surface area contributed by atoms with E-state index in [0.717, 1.165) is 5.75 Å². The van der Waals surface area contributed by atoms with Gasteiger partial charge in [0.05, 0.1) is 7.11 Å². The SMILES string of the molecule is CC1=[C-]C2=CC3=C(CCC3)C(c3cc(C(C)(C)C)cc(C(C)(C)C)c3)C2=C1.COc1c(C(C)(C)C)cc2[cH-]c(C)cc2c1-c1ccc(C(C)(C)C)cc1.[CH3-].[CH3-].[Si]=[Zr]. The zero-order valence-electron chi connectivity index (χ0n) is 38.5. The van der Waals surface area contributed by atoms with E-state index in [4.69, 9.17) is 4.74 Å². The minimum absolute atomic E-state index is 0. The van der Waals surface area contributed by atoms with Crippen molar-refractivity contribution in [2.75, 3.05) is 7.11 Å². The fourth-order valence-corrected chi connectivity index (χ4v) is 8.38. The van der Waals surface area contributed by atoms with Gasteiger partial charge < -0.3 is 19.6 Å². The number of allylic oxidation sites excluding steroid dienone is 8. The molecule has 1 unspecified atom stereocenters. The fraction of sp³-hybridized carbons (Fsp3) is 0.426. The second-order valence-corrected chi connectivity index (χ2v) is 20.1. The summed E-state index contributed by atoms with van der Waals surface area (Å²) < 4.78 is 5.97. The Morgan fingerprint density at radius 1 is 0.702 bits per heavy atom. The van der Waals surface area contributed by atoms with Gasteiger partial charge in [0.2, 0.25) is 0 Å². The Morgan fingerprint density at radius 2 is 1.26 bits per heavy atom. The molecular weight excluding hydrogens is 784 g/mol. The Balaban J connectivity index is 0.000000283. The van der Waals surface area contributed by atoms with Crippen LogP contribution in [0.4, 0.5) is 0 Å². The Morgan fingerprint density at radius 3 is 1.77 bits per heavy atom. The summed E-state index contributed by atoms with van der Waals surface area (Å²) in [6.45, 7) is 34.9. The van der Waals surface area contributed by atoms with Crippen LogP contribution >= 0.6 is 0 Å². The van der Waals surface area contributed by atoms with Crippen LogP contribution in [0.1, 0.15) is 149 Å². The van der Waals surface area contributed by atoms with E-state index in [9.17, 15) is 0 Å². The summed E-state index contributed by atoms with van der Waals surface area (Å²) in [5.74, 6) is 1.41. The molecule has 0 aliphatic heterocycles. The Bertz CT molecular complexity index is 2150. The van der Waals surface area contributed by atoms with Crippen LogP contribution in [0.3, 0.4) is 0 Å². The second-order valence-electron chi connectivity index (χ2n) is 20.1. The number of fused-ring (bicyclic) bond motifs is 2. The third-order valence-corrected chi connectivity index (χ3v) is 11.5. The first-order chi connectivity index (χ1) is 25.6. The molecule has 0 heterocycles. The third kappa shape index (κ3) is 10.5. The first-order valence-electron chi connectivity index (χ1n) is 20.1. The molecule has 0 N–H and O–H groups in total. The van der Waals surface area contributed by atoms with Gasteiger partial charge in [-0.25, -0.2) is 0 Å². The molecule has 57 heavy (non-hydrogen) atoms. The monoisotopic (exact) mass is 852 g/mol. The normalized spacial score (nSPS) is 16.4. The number of benzene rings is 3. The number of ether oxygens (including phenoxy) is 1. The molecule has 0 fully saturated rings. The first-order valence-corrected chi connectivity index (χ1v) is 24.3. The minimum atomic E-state index is 0. The van der Waals surface area contributed by atoms with E-state index in [-0.39, 0.29) is 36.5 Å². The molecular formula is C54H70OSiZr-4. The van der Waals surface area contributed by atoms with Gasteiger partial charge in [0.25, 0.3) is 0 Å². The molecule has 0 saturated heterocycles. The molecule has 0 saturated carbocycles. The van der Waals surface area contributed by atoms with Crippen molar-refractivity contribution in [1.82, 2.24) is 0 Å². The molecule has 0 aromatic heterocycles. The van der Waals surface area contributed by atoms with E-state index < -0.39 is 0 Å². The van der Waals surface area contributed by atoms with Gasteiger partial charge >= 0.3 is 30.2 Å². The summed E-state index contributed by atoms with van der Waals surface area (Å²) in [7, 11) is 1.79. The van der Waals surface area contributed by atoms with Crippen LogP contribution in [-0.2, 0) is 45.0 Å². The number of aryl methyl sites for hydroxylation is 1. The van der Waals surface area contributed by atoms with Crippen molar-refractivity contribution in [3.8, 4) is 16.9 Å². The van der Waals surface area contributed by atoms with E-state index >= 15 is 0 Å². The quantitative estimate of drug-likeness (QED) is 0.147. The van der Waals surface area contributed by atoms with Crippen molar-refractivity contribution in [2.45, 2.75) is 144 Å². The molecule has 7 rings (SSSR count). The van der Waals surface area contributed by atoms with Crippen LogP contribution in [-0.4, -0.2) is 14.0 Å².